The zero-order valence-corrected chi connectivity index (χ0v) is 18.1. The van der Waals surface area contributed by atoms with Crippen LogP contribution in [0.5, 0.6) is 0 Å². The number of hydrogen-bond donors (Lipinski definition) is 1. The van der Waals surface area contributed by atoms with Crippen LogP contribution in [0.15, 0.2) is 52.9 Å². The Morgan fingerprint density at radius 1 is 0.969 bits per heavy atom. The van der Waals surface area contributed by atoms with Gasteiger partial charge in [0.2, 0.25) is 5.91 Å². The van der Waals surface area contributed by atoms with E-state index in [9.17, 15) is 9.59 Å². The number of benzene rings is 2. The van der Waals surface area contributed by atoms with Crippen LogP contribution in [0.1, 0.15) is 47.8 Å². The fraction of sp³-hybridized carbons (Fsp3) is 0.400. The molecule has 0 bridgehead atoms. The van der Waals surface area contributed by atoms with E-state index in [-0.39, 0.29) is 23.7 Å². The van der Waals surface area contributed by atoms with Gasteiger partial charge in [-0.25, -0.2) is 4.98 Å². The summed E-state index contributed by atoms with van der Waals surface area (Å²) < 4.78 is 5.96. The van der Waals surface area contributed by atoms with Gasteiger partial charge in [-0.3, -0.25) is 9.59 Å². The van der Waals surface area contributed by atoms with E-state index in [1.54, 1.807) is 0 Å². The van der Waals surface area contributed by atoms with Gasteiger partial charge < -0.3 is 20.0 Å². The van der Waals surface area contributed by atoms with Gasteiger partial charge in [0.25, 0.3) is 5.91 Å². The van der Waals surface area contributed by atoms with E-state index in [1.165, 1.54) is 0 Å². The quantitative estimate of drug-likeness (QED) is 0.681. The molecule has 2 aliphatic heterocycles. The van der Waals surface area contributed by atoms with Crippen LogP contribution in [-0.2, 0) is 4.79 Å². The number of likely N-dealkylation sites (tertiary alicyclic amines) is 1. The van der Waals surface area contributed by atoms with Crippen molar-refractivity contribution in [3.63, 3.8) is 0 Å². The van der Waals surface area contributed by atoms with Gasteiger partial charge in [0.15, 0.2) is 11.5 Å². The molecule has 2 aliphatic rings. The van der Waals surface area contributed by atoms with Crippen LogP contribution >= 0.6 is 0 Å². The first-order valence-corrected chi connectivity index (χ1v) is 11.4. The molecule has 3 aromatic rings. The number of oxazole rings is 1. The van der Waals surface area contributed by atoms with E-state index in [1.807, 2.05) is 53.4 Å². The Hall–Kier alpha value is -3.35. The van der Waals surface area contributed by atoms with Gasteiger partial charge in [0.05, 0.1) is 11.8 Å². The van der Waals surface area contributed by atoms with Gasteiger partial charge >= 0.3 is 0 Å². The zero-order chi connectivity index (χ0) is 22.1. The maximum absolute atomic E-state index is 13.2. The number of rotatable bonds is 4. The second kappa shape index (κ2) is 8.65. The number of carbonyl (C=O) groups excluding carboxylic acids is 2. The van der Waals surface area contributed by atoms with Crippen molar-refractivity contribution in [1.29, 1.82) is 0 Å². The Labute approximate surface area is 187 Å². The Morgan fingerprint density at radius 3 is 2.53 bits per heavy atom. The van der Waals surface area contributed by atoms with Crippen LogP contribution in [0.2, 0.25) is 0 Å². The molecule has 2 atom stereocenters. The van der Waals surface area contributed by atoms with Crippen LogP contribution in [-0.4, -0.2) is 47.9 Å². The highest BCUT2D eigenvalue weighted by molar-refractivity contribution is 5.94. The van der Waals surface area contributed by atoms with E-state index in [4.69, 9.17) is 10.2 Å². The molecular formula is C25H28N4O3. The molecule has 32 heavy (non-hydrogen) atoms. The summed E-state index contributed by atoms with van der Waals surface area (Å²) in [5, 5.41) is 0. The van der Waals surface area contributed by atoms with Crippen LogP contribution in [0.25, 0.3) is 11.1 Å². The SMILES string of the molecule is NC(=O)[C@H]1CCCN(c2ccc(C(=O)N3CCC[C@@H](c4nc5ccccc5o4)C3)cc2)C1. The molecule has 2 N–H and O–H groups in total. The smallest absolute Gasteiger partial charge is 0.253 e. The van der Waals surface area contributed by atoms with E-state index in [0.29, 0.717) is 24.5 Å². The summed E-state index contributed by atoms with van der Waals surface area (Å²) in [5.41, 5.74) is 8.85. The van der Waals surface area contributed by atoms with Gasteiger partial charge in [0.1, 0.15) is 5.52 Å². The van der Waals surface area contributed by atoms with Crippen molar-refractivity contribution in [3.8, 4) is 0 Å². The molecule has 7 nitrogen and oxygen atoms in total. The molecule has 0 saturated carbocycles. The normalized spacial score (nSPS) is 21.6. The van der Waals surface area contributed by atoms with Crippen molar-refractivity contribution in [2.45, 2.75) is 31.6 Å². The lowest BCUT2D eigenvalue weighted by Gasteiger charge is -2.33. The molecule has 1 aromatic heterocycles. The molecule has 7 heteroatoms. The summed E-state index contributed by atoms with van der Waals surface area (Å²) in [4.78, 5) is 33.5. The fourth-order valence-electron chi connectivity index (χ4n) is 4.87. The highest BCUT2D eigenvalue weighted by atomic mass is 16.3. The molecular weight excluding hydrogens is 404 g/mol. The maximum atomic E-state index is 13.2. The monoisotopic (exact) mass is 432 g/mol. The van der Waals surface area contributed by atoms with Crippen molar-refractivity contribution >= 4 is 28.6 Å². The zero-order valence-electron chi connectivity index (χ0n) is 18.1. The standard InChI is InChI=1S/C25H28N4O3/c26-23(30)18-5-3-13-28(15-18)20-11-9-17(10-12-20)25(31)29-14-4-6-19(16-29)24-27-21-7-1-2-8-22(21)32-24/h1-2,7-12,18-19H,3-6,13-16H2,(H2,26,30)/t18-,19+/m0/s1. The first-order valence-electron chi connectivity index (χ1n) is 11.4. The minimum Gasteiger partial charge on any atom is -0.440 e. The number of amides is 2. The second-order valence-electron chi connectivity index (χ2n) is 8.84. The van der Waals surface area contributed by atoms with Crippen molar-refractivity contribution in [2.75, 3.05) is 31.1 Å². The largest absolute Gasteiger partial charge is 0.440 e. The number of fused-ring (bicyclic) bond motifs is 1. The fourth-order valence-corrected chi connectivity index (χ4v) is 4.87. The Kier molecular flexibility index (Phi) is 5.55. The predicted octanol–water partition coefficient (Wildman–Crippen LogP) is 3.55. The molecule has 5 rings (SSSR count). The molecule has 0 aliphatic carbocycles. The third-order valence-electron chi connectivity index (χ3n) is 6.67. The molecule has 3 heterocycles. The Morgan fingerprint density at radius 2 is 1.75 bits per heavy atom. The number of nitrogens with zero attached hydrogens (tertiary/aromatic N) is 3. The van der Waals surface area contributed by atoms with Gasteiger partial charge in [-0.2, -0.15) is 0 Å². The van der Waals surface area contributed by atoms with Crippen molar-refractivity contribution < 1.29 is 14.0 Å². The minimum atomic E-state index is -0.236. The first-order chi connectivity index (χ1) is 15.6. The molecule has 0 spiro atoms. The number of primary amides is 1. The lowest BCUT2D eigenvalue weighted by molar-refractivity contribution is -0.122. The predicted molar refractivity (Wildman–Crippen MR) is 122 cm³/mol. The first kappa shape index (κ1) is 20.5. The van der Waals surface area contributed by atoms with Crippen LogP contribution in [0.4, 0.5) is 5.69 Å². The molecule has 2 amide bonds. The number of carbonyl (C=O) groups is 2. The molecule has 166 valence electrons. The summed E-state index contributed by atoms with van der Waals surface area (Å²) in [6.07, 6.45) is 3.68. The summed E-state index contributed by atoms with van der Waals surface area (Å²) >= 11 is 0. The third kappa shape index (κ3) is 4.07. The van der Waals surface area contributed by atoms with E-state index >= 15 is 0 Å². The van der Waals surface area contributed by atoms with E-state index < -0.39 is 0 Å². The number of anilines is 1. The minimum absolute atomic E-state index is 0.0333. The third-order valence-corrected chi connectivity index (χ3v) is 6.67. The van der Waals surface area contributed by atoms with E-state index in [0.717, 1.165) is 55.6 Å². The number of piperidine rings is 2. The number of para-hydroxylation sites is 2. The van der Waals surface area contributed by atoms with Gasteiger partial charge in [-0.05, 0) is 62.1 Å². The number of nitrogens with two attached hydrogens (primary N) is 1. The summed E-state index contributed by atoms with van der Waals surface area (Å²) in [6, 6.07) is 15.5. The molecule has 2 fully saturated rings. The van der Waals surface area contributed by atoms with E-state index in [2.05, 4.69) is 9.88 Å². The molecule has 2 aromatic carbocycles. The van der Waals surface area contributed by atoms with Crippen molar-refractivity contribution in [1.82, 2.24) is 9.88 Å². The van der Waals surface area contributed by atoms with Crippen LogP contribution in [0, 0.1) is 5.92 Å². The van der Waals surface area contributed by atoms with Crippen molar-refractivity contribution in [2.24, 2.45) is 11.7 Å². The summed E-state index contributed by atoms with van der Waals surface area (Å²) in [6.45, 7) is 2.89. The number of hydrogen-bond acceptors (Lipinski definition) is 5. The lowest BCUT2D eigenvalue weighted by Crippen LogP contribution is -2.41. The molecule has 0 unspecified atom stereocenters. The van der Waals surface area contributed by atoms with Crippen molar-refractivity contribution in [3.05, 3.63) is 60.0 Å². The average Bonchev–Trinajstić information content (AvgIpc) is 3.28. The van der Waals surface area contributed by atoms with Gasteiger partial charge in [-0.1, -0.05) is 12.1 Å². The topological polar surface area (TPSA) is 92.7 Å². The van der Waals surface area contributed by atoms with Crippen LogP contribution in [0.3, 0.4) is 0 Å². The Balaban J connectivity index is 1.27. The maximum Gasteiger partial charge on any atom is 0.253 e. The lowest BCUT2D eigenvalue weighted by atomic mass is 9.96. The average molecular weight is 433 g/mol. The number of aromatic nitrogens is 1. The Bertz CT molecular complexity index is 1090. The second-order valence-corrected chi connectivity index (χ2v) is 8.84. The van der Waals surface area contributed by atoms with Gasteiger partial charge in [0, 0.05) is 37.4 Å². The molecule has 0 radical (unpaired) electrons. The molecule has 2 saturated heterocycles. The highest BCUT2D eigenvalue weighted by Crippen LogP contribution is 2.30. The van der Waals surface area contributed by atoms with Crippen LogP contribution < -0.4 is 10.6 Å². The highest BCUT2D eigenvalue weighted by Gasteiger charge is 2.29. The summed E-state index contributed by atoms with van der Waals surface area (Å²) in [5.74, 6) is 0.514. The summed E-state index contributed by atoms with van der Waals surface area (Å²) in [7, 11) is 0. The van der Waals surface area contributed by atoms with Gasteiger partial charge in [-0.15, -0.1) is 0 Å².